The summed E-state index contributed by atoms with van der Waals surface area (Å²) in [5.74, 6) is 0.720. The van der Waals surface area contributed by atoms with Crippen LogP contribution in [0.1, 0.15) is 40.5 Å². The molecular weight excluding hydrogens is 376 g/mol. The highest BCUT2D eigenvalue weighted by atomic mass is 32.1. The zero-order chi connectivity index (χ0) is 20.1. The zero-order valence-electron chi connectivity index (χ0n) is 16.0. The van der Waals surface area contributed by atoms with Crippen LogP contribution in [-0.4, -0.2) is 28.0 Å². The third kappa shape index (κ3) is 5.26. The highest BCUT2D eigenvalue weighted by Crippen LogP contribution is 2.22. The van der Waals surface area contributed by atoms with E-state index < -0.39 is 11.6 Å². The second kappa shape index (κ2) is 8.79. The molecule has 0 fully saturated rings. The van der Waals surface area contributed by atoms with Crippen molar-refractivity contribution in [3.63, 3.8) is 0 Å². The van der Waals surface area contributed by atoms with E-state index >= 15 is 0 Å². The number of hydrogen-bond acceptors (Lipinski definition) is 6. The zero-order valence-corrected chi connectivity index (χ0v) is 16.8. The lowest BCUT2D eigenvalue weighted by Crippen LogP contribution is -2.22. The molecule has 2 aromatic heterocycles. The van der Waals surface area contributed by atoms with Gasteiger partial charge in [0.25, 0.3) is 5.91 Å². The molecule has 0 bridgehead atoms. The van der Waals surface area contributed by atoms with Gasteiger partial charge < -0.3 is 9.72 Å². The van der Waals surface area contributed by atoms with Gasteiger partial charge in [-0.3, -0.25) is 10.1 Å². The number of ether oxygens (including phenoxy) is 1. The molecule has 3 aromatic rings. The van der Waals surface area contributed by atoms with Crippen LogP contribution >= 0.6 is 11.3 Å². The second-order valence-electron chi connectivity index (χ2n) is 6.81. The number of hydrogen-bond donors (Lipinski definition) is 2. The Morgan fingerprint density at radius 2 is 2.04 bits per heavy atom. The molecule has 3 rings (SSSR count). The van der Waals surface area contributed by atoms with E-state index in [0.717, 1.165) is 16.2 Å². The van der Waals surface area contributed by atoms with Crippen LogP contribution in [0.2, 0.25) is 0 Å². The first-order valence-corrected chi connectivity index (χ1v) is 9.74. The molecule has 0 aliphatic rings. The van der Waals surface area contributed by atoms with Gasteiger partial charge in [0.2, 0.25) is 0 Å². The number of benzene rings is 1. The average Bonchev–Trinajstić information content (AvgIpc) is 3.08. The Morgan fingerprint density at radius 1 is 1.29 bits per heavy atom. The van der Waals surface area contributed by atoms with Crippen LogP contribution in [0.3, 0.4) is 0 Å². The van der Waals surface area contributed by atoms with Crippen molar-refractivity contribution in [1.82, 2.24) is 15.0 Å². The van der Waals surface area contributed by atoms with E-state index in [0.29, 0.717) is 29.6 Å². The molecule has 0 aliphatic heterocycles. The maximum absolute atomic E-state index is 12.5. The monoisotopic (exact) mass is 398 g/mol. The maximum Gasteiger partial charge on any atom is 0.345 e. The molecule has 0 aliphatic carbocycles. The fourth-order valence-electron chi connectivity index (χ4n) is 2.73. The first-order chi connectivity index (χ1) is 13.4. The van der Waals surface area contributed by atoms with Gasteiger partial charge in [0, 0.05) is 23.2 Å². The quantitative estimate of drug-likeness (QED) is 0.637. The first kappa shape index (κ1) is 19.8. The van der Waals surface area contributed by atoms with Crippen molar-refractivity contribution in [3.8, 4) is 5.75 Å². The van der Waals surface area contributed by atoms with Crippen LogP contribution in [-0.2, 0) is 12.8 Å². The number of amides is 1. The second-order valence-corrected chi connectivity index (χ2v) is 7.92. The van der Waals surface area contributed by atoms with Crippen molar-refractivity contribution in [2.24, 2.45) is 5.92 Å². The third-order valence-corrected chi connectivity index (χ3v) is 4.89. The van der Waals surface area contributed by atoms with Gasteiger partial charge in [-0.15, -0.1) is 11.3 Å². The van der Waals surface area contributed by atoms with Crippen LogP contribution in [0.25, 0.3) is 0 Å². The first-order valence-electron chi connectivity index (χ1n) is 8.92. The Bertz CT molecular complexity index is 1010. The predicted octanol–water partition coefficient (Wildman–Crippen LogP) is 3.28. The van der Waals surface area contributed by atoms with Crippen molar-refractivity contribution in [3.05, 3.63) is 68.8 Å². The molecule has 1 aromatic carbocycles. The van der Waals surface area contributed by atoms with Gasteiger partial charge in [-0.1, -0.05) is 26.0 Å². The lowest BCUT2D eigenvalue weighted by Gasteiger charge is -2.06. The Morgan fingerprint density at radius 3 is 2.71 bits per heavy atom. The molecule has 0 atom stereocenters. The highest BCUT2D eigenvalue weighted by molar-refractivity contribution is 7.15. The molecule has 0 saturated heterocycles. The number of rotatable bonds is 7. The number of nitrogens with zero attached hydrogens (tertiary/aromatic N) is 2. The minimum absolute atomic E-state index is 0.0892. The summed E-state index contributed by atoms with van der Waals surface area (Å²) in [4.78, 5) is 35.9. The number of thiazole rings is 1. The number of methoxy groups -OCH3 is 1. The van der Waals surface area contributed by atoms with Gasteiger partial charge in [0.15, 0.2) is 5.13 Å². The van der Waals surface area contributed by atoms with Gasteiger partial charge >= 0.3 is 5.69 Å². The summed E-state index contributed by atoms with van der Waals surface area (Å²) in [6.07, 6.45) is 3.11. The predicted molar refractivity (Wildman–Crippen MR) is 109 cm³/mol. The lowest BCUT2D eigenvalue weighted by molar-refractivity contribution is 0.102. The molecule has 2 heterocycles. The summed E-state index contributed by atoms with van der Waals surface area (Å²) in [5.41, 5.74) is 1.38. The molecule has 0 unspecified atom stereocenters. The standard InChI is InChI=1S/C20H22N4O3S/c1-12(2)8-14-10-17(23-19(26)22-14)18(25)24-20-21-11-16(28-20)9-13-4-6-15(27-3)7-5-13/h4-7,10-12H,8-9H2,1-3H3,(H,21,24,25)(H,22,23,26). The highest BCUT2D eigenvalue weighted by Gasteiger charge is 2.13. The largest absolute Gasteiger partial charge is 0.497 e. The number of aromatic amines is 1. The summed E-state index contributed by atoms with van der Waals surface area (Å²) in [6, 6.07) is 9.42. The van der Waals surface area contributed by atoms with Crippen LogP contribution in [0.4, 0.5) is 5.13 Å². The van der Waals surface area contributed by atoms with Crippen molar-refractivity contribution < 1.29 is 9.53 Å². The van der Waals surface area contributed by atoms with Crippen molar-refractivity contribution in [2.45, 2.75) is 26.7 Å². The van der Waals surface area contributed by atoms with Crippen molar-refractivity contribution in [2.75, 3.05) is 12.4 Å². The number of carbonyl (C=O) groups excluding carboxylic acids is 1. The molecule has 2 N–H and O–H groups in total. The van der Waals surface area contributed by atoms with Gasteiger partial charge in [0.1, 0.15) is 11.4 Å². The van der Waals surface area contributed by atoms with Gasteiger partial charge in [-0.05, 0) is 36.1 Å². The lowest BCUT2D eigenvalue weighted by atomic mass is 10.1. The normalized spacial score (nSPS) is 10.9. The van der Waals surface area contributed by atoms with Crippen LogP contribution in [0, 0.1) is 5.92 Å². The summed E-state index contributed by atoms with van der Waals surface area (Å²) < 4.78 is 5.16. The maximum atomic E-state index is 12.5. The molecule has 8 heteroatoms. The molecular formula is C20H22N4O3S. The van der Waals surface area contributed by atoms with Crippen molar-refractivity contribution >= 4 is 22.4 Å². The minimum atomic E-state index is -0.525. The summed E-state index contributed by atoms with van der Waals surface area (Å²) in [7, 11) is 1.63. The fraction of sp³-hybridized carbons (Fsp3) is 0.300. The third-order valence-electron chi connectivity index (χ3n) is 3.97. The number of carbonyl (C=O) groups is 1. The summed E-state index contributed by atoms with van der Waals surface area (Å²) >= 11 is 1.39. The smallest absolute Gasteiger partial charge is 0.345 e. The average molecular weight is 398 g/mol. The fourth-order valence-corrected chi connectivity index (χ4v) is 3.57. The minimum Gasteiger partial charge on any atom is -0.497 e. The molecule has 1 amide bonds. The molecule has 7 nitrogen and oxygen atoms in total. The van der Waals surface area contributed by atoms with E-state index in [1.807, 2.05) is 38.1 Å². The van der Waals surface area contributed by atoms with Crippen LogP contribution < -0.4 is 15.7 Å². The van der Waals surface area contributed by atoms with E-state index in [-0.39, 0.29) is 5.69 Å². The van der Waals surface area contributed by atoms with E-state index in [1.165, 1.54) is 11.3 Å². The SMILES string of the molecule is COc1ccc(Cc2cnc(NC(=O)c3cc(CC(C)C)[nH]c(=O)n3)s2)cc1. The van der Waals surface area contributed by atoms with Crippen molar-refractivity contribution in [1.29, 1.82) is 0 Å². The molecule has 0 spiro atoms. The Balaban J connectivity index is 1.68. The Hall–Kier alpha value is -3.00. The van der Waals surface area contributed by atoms with E-state index in [1.54, 1.807) is 19.4 Å². The molecule has 0 saturated carbocycles. The van der Waals surface area contributed by atoms with E-state index in [2.05, 4.69) is 20.3 Å². The number of anilines is 1. The van der Waals surface area contributed by atoms with Gasteiger partial charge in [-0.2, -0.15) is 4.98 Å². The van der Waals surface area contributed by atoms with Crippen LogP contribution in [0.5, 0.6) is 5.75 Å². The molecule has 28 heavy (non-hydrogen) atoms. The van der Waals surface area contributed by atoms with E-state index in [4.69, 9.17) is 4.74 Å². The van der Waals surface area contributed by atoms with Gasteiger partial charge in [-0.25, -0.2) is 9.78 Å². The Labute approximate surface area is 166 Å². The van der Waals surface area contributed by atoms with E-state index in [9.17, 15) is 9.59 Å². The Kier molecular flexibility index (Phi) is 6.20. The van der Waals surface area contributed by atoms with Crippen LogP contribution in [0.15, 0.2) is 41.3 Å². The number of nitrogens with one attached hydrogen (secondary N) is 2. The molecule has 0 radical (unpaired) electrons. The summed E-state index contributed by atoms with van der Waals surface area (Å²) in [5, 5.41) is 3.20. The number of aromatic nitrogens is 3. The summed E-state index contributed by atoms with van der Waals surface area (Å²) in [6.45, 7) is 4.08. The number of H-pyrrole nitrogens is 1. The van der Waals surface area contributed by atoms with Gasteiger partial charge in [0.05, 0.1) is 7.11 Å². The topological polar surface area (TPSA) is 97.0 Å². The molecule has 146 valence electrons.